The summed E-state index contributed by atoms with van der Waals surface area (Å²) in [5.41, 5.74) is 0. The maximum absolute atomic E-state index is 11.9. The average Bonchev–Trinajstić information content (AvgIpc) is 2.86. The first-order valence-electron chi connectivity index (χ1n) is 6.82. The molecule has 9 heteroatoms. The molecule has 0 aliphatic heterocycles. The Hall–Kier alpha value is -1.61. The molecule has 22 heavy (non-hydrogen) atoms. The summed E-state index contributed by atoms with van der Waals surface area (Å²) >= 11 is 1.30. The Morgan fingerprint density at radius 2 is 2.00 bits per heavy atom. The Balaban J connectivity index is 1.86. The predicted octanol–water partition coefficient (Wildman–Crippen LogP) is 1.83. The third-order valence-electron chi connectivity index (χ3n) is 2.57. The molecule has 0 aliphatic rings. The van der Waals surface area contributed by atoms with E-state index < -0.39 is 10.1 Å². The summed E-state index contributed by atoms with van der Waals surface area (Å²) in [5, 5.41) is 12.0. The smallest absolute Gasteiger partial charge is 0.310 e. The minimum absolute atomic E-state index is 0.110. The molecule has 0 fully saturated rings. The molecule has 0 radical (unpaired) electrons. The molecule has 1 aromatic heterocycles. The van der Waals surface area contributed by atoms with Crippen LogP contribution in [0.3, 0.4) is 0 Å². The number of tetrazole rings is 1. The number of aromatic nitrogens is 4. The Morgan fingerprint density at radius 1 is 1.27 bits per heavy atom. The first kappa shape index (κ1) is 16.8. The van der Waals surface area contributed by atoms with Gasteiger partial charge in [0, 0.05) is 12.3 Å². The minimum Gasteiger partial charge on any atom is -0.382 e. The van der Waals surface area contributed by atoms with Crippen molar-refractivity contribution in [2.45, 2.75) is 25.5 Å². The van der Waals surface area contributed by atoms with Crippen molar-refractivity contribution in [3.63, 3.8) is 0 Å². The van der Waals surface area contributed by atoms with E-state index in [1.54, 1.807) is 35.0 Å². The summed E-state index contributed by atoms with van der Waals surface area (Å²) in [6, 6.07) is 8.45. The van der Waals surface area contributed by atoms with E-state index in [4.69, 9.17) is 4.18 Å². The highest BCUT2D eigenvalue weighted by molar-refractivity contribution is 8.00. The quantitative estimate of drug-likeness (QED) is 0.534. The van der Waals surface area contributed by atoms with Gasteiger partial charge in [0.25, 0.3) is 0 Å². The van der Waals surface area contributed by atoms with E-state index in [0.717, 1.165) is 0 Å². The van der Waals surface area contributed by atoms with Crippen molar-refractivity contribution in [3.05, 3.63) is 30.3 Å². The van der Waals surface area contributed by atoms with E-state index in [0.29, 0.717) is 29.1 Å². The fourth-order valence-electron chi connectivity index (χ4n) is 1.66. The second kappa shape index (κ2) is 7.59. The van der Waals surface area contributed by atoms with Crippen molar-refractivity contribution in [2.75, 3.05) is 11.5 Å². The van der Waals surface area contributed by atoms with E-state index in [1.807, 2.05) is 0 Å². The molecule has 0 bridgehead atoms. The molecule has 7 nitrogen and oxygen atoms in total. The number of para-hydroxylation sites is 1. The number of benzene rings is 1. The second-order valence-electron chi connectivity index (χ2n) is 5.04. The number of nitrogens with zero attached hydrogens (tertiary/aromatic N) is 4. The molecule has 0 atom stereocenters. The second-order valence-corrected chi connectivity index (χ2v) is 7.80. The SMILES string of the molecule is CC(C)Cn1nnnc1SCCS(=O)(=O)Oc1ccccc1. The van der Waals surface area contributed by atoms with E-state index in [-0.39, 0.29) is 5.75 Å². The molecular formula is C13H18N4O3S2. The highest BCUT2D eigenvalue weighted by Crippen LogP contribution is 2.17. The number of rotatable bonds is 8. The molecule has 0 spiro atoms. The lowest BCUT2D eigenvalue weighted by Gasteiger charge is -2.08. The first-order chi connectivity index (χ1) is 10.5. The van der Waals surface area contributed by atoms with Crippen LogP contribution in [0.1, 0.15) is 13.8 Å². The molecule has 1 aromatic carbocycles. The van der Waals surface area contributed by atoms with Gasteiger partial charge in [0.1, 0.15) is 5.75 Å². The maximum Gasteiger partial charge on any atom is 0.310 e. The molecule has 0 saturated carbocycles. The monoisotopic (exact) mass is 342 g/mol. The minimum atomic E-state index is -3.62. The third kappa shape index (κ3) is 5.30. The normalized spacial score (nSPS) is 11.8. The molecule has 120 valence electrons. The van der Waals surface area contributed by atoms with Crippen molar-refractivity contribution >= 4 is 21.9 Å². The standard InChI is InChI=1S/C13H18N4O3S2/c1-11(2)10-17-13(14-15-16-17)21-8-9-22(18,19)20-12-6-4-3-5-7-12/h3-7,11H,8-10H2,1-2H3. The fraction of sp³-hybridized carbons (Fsp3) is 0.462. The lowest BCUT2D eigenvalue weighted by Crippen LogP contribution is -2.16. The molecule has 0 N–H and O–H groups in total. The van der Waals surface area contributed by atoms with Crippen LogP contribution in [-0.4, -0.2) is 40.1 Å². The van der Waals surface area contributed by atoms with Gasteiger partial charge in [0.15, 0.2) is 0 Å². The zero-order valence-corrected chi connectivity index (χ0v) is 14.0. The van der Waals surface area contributed by atoms with Crippen LogP contribution in [0.4, 0.5) is 0 Å². The average molecular weight is 342 g/mol. The van der Waals surface area contributed by atoms with Gasteiger partial charge in [-0.05, 0) is 28.5 Å². The molecule has 2 aromatic rings. The number of hydrogen-bond donors (Lipinski definition) is 0. The van der Waals surface area contributed by atoms with Gasteiger partial charge >= 0.3 is 10.1 Å². The molecule has 0 aliphatic carbocycles. The molecule has 0 saturated heterocycles. The molecule has 2 rings (SSSR count). The third-order valence-corrected chi connectivity index (χ3v) is 4.94. The Morgan fingerprint density at radius 3 is 2.68 bits per heavy atom. The molecular weight excluding hydrogens is 324 g/mol. The summed E-state index contributed by atoms with van der Waals surface area (Å²) in [6.45, 7) is 4.82. The van der Waals surface area contributed by atoms with Gasteiger partial charge in [0.2, 0.25) is 5.16 Å². The maximum atomic E-state index is 11.9. The topological polar surface area (TPSA) is 87.0 Å². The summed E-state index contributed by atoms with van der Waals surface area (Å²) in [5.74, 6) is 0.944. The lowest BCUT2D eigenvalue weighted by molar-refractivity contribution is 0.445. The highest BCUT2D eigenvalue weighted by atomic mass is 32.2. The number of hydrogen-bond acceptors (Lipinski definition) is 7. The largest absolute Gasteiger partial charge is 0.382 e. The van der Waals surface area contributed by atoms with Crippen molar-refractivity contribution in [1.29, 1.82) is 0 Å². The molecule has 0 unspecified atom stereocenters. The highest BCUT2D eigenvalue weighted by Gasteiger charge is 2.15. The summed E-state index contributed by atoms with van der Waals surface area (Å²) in [6.07, 6.45) is 0. The summed E-state index contributed by atoms with van der Waals surface area (Å²) in [4.78, 5) is 0. The molecule has 1 heterocycles. The Kier molecular flexibility index (Phi) is 5.78. The Bertz CT molecular complexity index is 686. The van der Waals surface area contributed by atoms with Crippen molar-refractivity contribution in [2.24, 2.45) is 5.92 Å². The van der Waals surface area contributed by atoms with E-state index in [1.165, 1.54) is 11.8 Å². The van der Waals surface area contributed by atoms with Gasteiger partial charge in [-0.3, -0.25) is 0 Å². The zero-order valence-electron chi connectivity index (χ0n) is 12.4. The van der Waals surface area contributed by atoms with Gasteiger partial charge < -0.3 is 4.18 Å². The predicted molar refractivity (Wildman–Crippen MR) is 84.2 cm³/mol. The van der Waals surface area contributed by atoms with E-state index >= 15 is 0 Å². The van der Waals surface area contributed by atoms with Gasteiger partial charge in [-0.1, -0.05) is 43.8 Å². The molecule has 0 amide bonds. The lowest BCUT2D eigenvalue weighted by atomic mass is 10.2. The van der Waals surface area contributed by atoms with Gasteiger partial charge in [0.05, 0.1) is 5.75 Å². The fourth-order valence-corrected chi connectivity index (χ4v) is 3.83. The van der Waals surface area contributed by atoms with Gasteiger partial charge in [-0.2, -0.15) is 8.42 Å². The van der Waals surface area contributed by atoms with Crippen LogP contribution in [0.25, 0.3) is 0 Å². The van der Waals surface area contributed by atoms with Gasteiger partial charge in [-0.15, -0.1) is 5.10 Å². The van der Waals surface area contributed by atoms with Crippen LogP contribution in [0.15, 0.2) is 35.5 Å². The van der Waals surface area contributed by atoms with Crippen LogP contribution in [0, 0.1) is 5.92 Å². The Labute approximate surface area is 134 Å². The van der Waals surface area contributed by atoms with Crippen LogP contribution < -0.4 is 4.18 Å². The van der Waals surface area contributed by atoms with Crippen molar-refractivity contribution < 1.29 is 12.6 Å². The number of thioether (sulfide) groups is 1. The van der Waals surface area contributed by atoms with Crippen LogP contribution in [-0.2, 0) is 16.7 Å². The zero-order chi connectivity index (χ0) is 16.0. The van der Waals surface area contributed by atoms with E-state index in [2.05, 4.69) is 29.4 Å². The van der Waals surface area contributed by atoms with Crippen LogP contribution in [0.2, 0.25) is 0 Å². The van der Waals surface area contributed by atoms with E-state index in [9.17, 15) is 8.42 Å². The summed E-state index contributed by atoms with van der Waals surface area (Å²) in [7, 11) is -3.62. The van der Waals surface area contributed by atoms with Crippen LogP contribution in [0.5, 0.6) is 5.75 Å². The van der Waals surface area contributed by atoms with Crippen molar-refractivity contribution in [3.8, 4) is 5.75 Å². The first-order valence-corrected chi connectivity index (χ1v) is 9.39. The summed E-state index contributed by atoms with van der Waals surface area (Å²) < 4.78 is 30.5. The van der Waals surface area contributed by atoms with Crippen molar-refractivity contribution in [1.82, 2.24) is 20.2 Å². The van der Waals surface area contributed by atoms with Crippen LogP contribution >= 0.6 is 11.8 Å². The van der Waals surface area contributed by atoms with Gasteiger partial charge in [-0.25, -0.2) is 4.68 Å².